The Bertz CT molecular complexity index is 1210. The first-order chi connectivity index (χ1) is 14.9. The summed E-state index contributed by atoms with van der Waals surface area (Å²) in [6.45, 7) is 5.71. The zero-order chi connectivity index (χ0) is 22.1. The number of amides is 1. The third-order valence-corrected chi connectivity index (χ3v) is 5.71. The number of benzene rings is 2. The fourth-order valence-corrected chi connectivity index (χ4v) is 3.82. The number of halogens is 1. The number of rotatable bonds is 5. The van der Waals surface area contributed by atoms with Crippen LogP contribution in [-0.4, -0.2) is 37.2 Å². The first-order valence-corrected chi connectivity index (χ1v) is 10.0. The molecule has 2 aromatic heterocycles. The third kappa shape index (κ3) is 3.74. The van der Waals surface area contributed by atoms with Crippen LogP contribution in [0.15, 0.2) is 67.3 Å². The Hall–Kier alpha value is -3.74. The summed E-state index contributed by atoms with van der Waals surface area (Å²) in [5, 5.41) is 4.13. The predicted molar refractivity (Wildman–Crippen MR) is 117 cm³/mol. The Kier molecular flexibility index (Phi) is 5.42. The Morgan fingerprint density at radius 1 is 1.10 bits per heavy atom. The highest BCUT2D eigenvalue weighted by molar-refractivity contribution is 5.96. The highest BCUT2D eigenvalue weighted by atomic mass is 19.1. The molecule has 0 radical (unpaired) electrons. The molecule has 4 rings (SSSR count). The second-order valence-corrected chi connectivity index (χ2v) is 7.60. The van der Waals surface area contributed by atoms with Crippen LogP contribution < -0.4 is 0 Å². The molecule has 1 amide bonds. The minimum Gasteiger partial charge on any atom is -0.335 e. The van der Waals surface area contributed by atoms with Crippen molar-refractivity contribution in [2.45, 2.75) is 26.8 Å². The Balaban J connectivity index is 1.60. The lowest BCUT2D eigenvalue weighted by Crippen LogP contribution is -2.30. The number of carbonyl (C=O) groups excluding carboxylic acids is 1. The van der Waals surface area contributed by atoms with E-state index in [2.05, 4.69) is 10.1 Å². The fraction of sp³-hybridized carbons (Fsp3) is 0.208. The van der Waals surface area contributed by atoms with Crippen LogP contribution in [0.25, 0.3) is 11.4 Å². The summed E-state index contributed by atoms with van der Waals surface area (Å²) < 4.78 is 17.8. The normalized spacial score (nSPS) is 12.0. The monoisotopic (exact) mass is 417 g/mol. The van der Waals surface area contributed by atoms with E-state index in [4.69, 9.17) is 0 Å². The third-order valence-electron chi connectivity index (χ3n) is 5.71. The van der Waals surface area contributed by atoms with E-state index < -0.39 is 0 Å². The maximum atomic E-state index is 14.4. The average molecular weight is 417 g/mol. The van der Waals surface area contributed by atoms with Crippen molar-refractivity contribution in [3.05, 3.63) is 95.6 Å². The van der Waals surface area contributed by atoms with Gasteiger partial charge < -0.3 is 9.47 Å². The molecule has 158 valence electrons. The van der Waals surface area contributed by atoms with Crippen LogP contribution in [0.5, 0.6) is 0 Å². The van der Waals surface area contributed by atoms with Gasteiger partial charge in [0.1, 0.15) is 18.5 Å². The van der Waals surface area contributed by atoms with Gasteiger partial charge in [0, 0.05) is 18.4 Å². The second kappa shape index (κ2) is 8.18. The van der Waals surface area contributed by atoms with E-state index in [1.807, 2.05) is 51.1 Å². The molecule has 6 nitrogen and oxygen atoms in total. The summed E-state index contributed by atoms with van der Waals surface area (Å²) in [5.74, 6) is -0.430. The van der Waals surface area contributed by atoms with Gasteiger partial charge in [-0.2, -0.15) is 5.10 Å². The Labute approximate surface area is 180 Å². The van der Waals surface area contributed by atoms with E-state index >= 15 is 0 Å². The van der Waals surface area contributed by atoms with Crippen molar-refractivity contribution in [3.63, 3.8) is 0 Å². The smallest absolute Gasteiger partial charge is 0.255 e. The minimum atomic E-state index is -0.322. The van der Waals surface area contributed by atoms with Crippen molar-refractivity contribution < 1.29 is 9.18 Å². The van der Waals surface area contributed by atoms with Crippen molar-refractivity contribution in [2.75, 3.05) is 7.05 Å². The summed E-state index contributed by atoms with van der Waals surface area (Å²) in [4.78, 5) is 19.0. The number of para-hydroxylation sites is 1. The lowest BCUT2D eigenvalue weighted by molar-refractivity contribution is 0.0742. The molecule has 0 spiro atoms. The van der Waals surface area contributed by atoms with E-state index in [9.17, 15) is 9.18 Å². The van der Waals surface area contributed by atoms with Gasteiger partial charge in [-0.05, 0) is 56.7 Å². The highest BCUT2D eigenvalue weighted by Gasteiger charge is 2.24. The zero-order valence-electron chi connectivity index (χ0n) is 18.0. The molecule has 2 heterocycles. The molecule has 0 saturated heterocycles. The molecule has 0 fully saturated rings. The molecule has 0 bridgehead atoms. The lowest BCUT2D eigenvalue weighted by Gasteiger charge is -2.25. The SMILES string of the molecule is Cc1cc(C(=O)N(C)C(C)c2ccc(-n3cncn3)cc2)c(C)n1-c1ccccc1F. The number of hydrogen-bond acceptors (Lipinski definition) is 3. The summed E-state index contributed by atoms with van der Waals surface area (Å²) in [7, 11) is 1.79. The minimum absolute atomic E-state index is 0.108. The van der Waals surface area contributed by atoms with Gasteiger partial charge in [0.2, 0.25) is 0 Å². The van der Waals surface area contributed by atoms with Crippen LogP contribution in [0.4, 0.5) is 4.39 Å². The van der Waals surface area contributed by atoms with Crippen molar-refractivity contribution in [3.8, 4) is 11.4 Å². The first kappa shape index (κ1) is 20.5. The number of carbonyl (C=O) groups is 1. The Morgan fingerprint density at radius 3 is 2.45 bits per heavy atom. The molecule has 0 aliphatic heterocycles. The second-order valence-electron chi connectivity index (χ2n) is 7.60. The van der Waals surface area contributed by atoms with E-state index in [0.29, 0.717) is 16.9 Å². The molecule has 0 aliphatic carbocycles. The van der Waals surface area contributed by atoms with Crippen LogP contribution in [0.1, 0.15) is 40.3 Å². The number of aryl methyl sites for hydroxylation is 1. The van der Waals surface area contributed by atoms with Gasteiger partial charge in [0.25, 0.3) is 5.91 Å². The predicted octanol–water partition coefficient (Wildman–Crippen LogP) is 4.65. The number of hydrogen-bond donors (Lipinski definition) is 0. The summed E-state index contributed by atoms with van der Waals surface area (Å²) in [5.41, 5.74) is 4.43. The first-order valence-electron chi connectivity index (χ1n) is 10.0. The van der Waals surface area contributed by atoms with Crippen LogP contribution in [0, 0.1) is 19.7 Å². The van der Waals surface area contributed by atoms with Gasteiger partial charge in [0.05, 0.1) is 23.0 Å². The van der Waals surface area contributed by atoms with Crippen molar-refractivity contribution in [2.24, 2.45) is 0 Å². The zero-order valence-corrected chi connectivity index (χ0v) is 18.0. The number of aromatic nitrogens is 4. The van der Waals surface area contributed by atoms with Gasteiger partial charge in [0.15, 0.2) is 0 Å². The van der Waals surface area contributed by atoms with E-state index in [1.165, 1.54) is 12.4 Å². The summed E-state index contributed by atoms with van der Waals surface area (Å²) in [6.07, 6.45) is 3.13. The summed E-state index contributed by atoms with van der Waals surface area (Å²) >= 11 is 0. The molecule has 31 heavy (non-hydrogen) atoms. The van der Waals surface area contributed by atoms with Gasteiger partial charge >= 0.3 is 0 Å². The standard InChI is InChI=1S/C24H24FN5O/c1-16-13-21(18(3)30(16)23-8-6-5-7-22(23)25)24(31)28(4)17(2)19-9-11-20(12-10-19)29-15-26-14-27-29/h5-15,17H,1-4H3. The Morgan fingerprint density at radius 2 is 1.81 bits per heavy atom. The largest absolute Gasteiger partial charge is 0.335 e. The van der Waals surface area contributed by atoms with Crippen molar-refractivity contribution in [1.29, 1.82) is 0 Å². The average Bonchev–Trinajstić information content (AvgIpc) is 3.41. The summed E-state index contributed by atoms with van der Waals surface area (Å²) in [6, 6.07) is 16.1. The molecule has 4 aromatic rings. The van der Waals surface area contributed by atoms with Gasteiger partial charge in [-0.3, -0.25) is 4.79 Å². The van der Waals surface area contributed by atoms with E-state index in [-0.39, 0.29) is 17.8 Å². The van der Waals surface area contributed by atoms with E-state index in [0.717, 1.165) is 16.9 Å². The molecule has 7 heteroatoms. The molecule has 0 N–H and O–H groups in total. The molecule has 0 aliphatic rings. The van der Waals surface area contributed by atoms with Crippen LogP contribution >= 0.6 is 0 Å². The van der Waals surface area contributed by atoms with Gasteiger partial charge in [-0.1, -0.05) is 24.3 Å². The molecule has 1 atom stereocenters. The molecule has 0 saturated carbocycles. The highest BCUT2D eigenvalue weighted by Crippen LogP contribution is 2.27. The molecule has 2 aromatic carbocycles. The van der Waals surface area contributed by atoms with Crippen LogP contribution in [-0.2, 0) is 0 Å². The van der Waals surface area contributed by atoms with Gasteiger partial charge in [-0.25, -0.2) is 14.1 Å². The lowest BCUT2D eigenvalue weighted by atomic mass is 10.1. The molecular weight excluding hydrogens is 393 g/mol. The maximum Gasteiger partial charge on any atom is 0.255 e. The van der Waals surface area contributed by atoms with E-state index in [1.54, 1.807) is 45.7 Å². The van der Waals surface area contributed by atoms with Crippen molar-refractivity contribution >= 4 is 5.91 Å². The van der Waals surface area contributed by atoms with Crippen molar-refractivity contribution in [1.82, 2.24) is 24.2 Å². The number of nitrogens with zero attached hydrogens (tertiary/aromatic N) is 5. The maximum absolute atomic E-state index is 14.4. The quantitative estimate of drug-likeness (QED) is 0.475. The topological polar surface area (TPSA) is 56.0 Å². The van der Waals surface area contributed by atoms with Crippen LogP contribution in [0.3, 0.4) is 0 Å². The van der Waals surface area contributed by atoms with Gasteiger partial charge in [-0.15, -0.1) is 0 Å². The van der Waals surface area contributed by atoms with Crippen LogP contribution in [0.2, 0.25) is 0 Å². The molecule has 1 unspecified atom stereocenters. The molecular formula is C24H24FN5O. The fourth-order valence-electron chi connectivity index (χ4n) is 3.82.